The summed E-state index contributed by atoms with van der Waals surface area (Å²) in [6.45, 7) is 6.79. The SMILES string of the molecule is CCCNC(CCCS(=O)(=O)CC)c1scnc1C. The summed E-state index contributed by atoms with van der Waals surface area (Å²) in [6, 6.07) is 0.236. The molecule has 1 aromatic rings. The average Bonchev–Trinajstić information content (AvgIpc) is 2.80. The fourth-order valence-electron chi connectivity index (χ4n) is 1.94. The molecule has 19 heavy (non-hydrogen) atoms. The van der Waals surface area contributed by atoms with Gasteiger partial charge >= 0.3 is 0 Å². The van der Waals surface area contributed by atoms with Crippen molar-refractivity contribution >= 4 is 21.2 Å². The van der Waals surface area contributed by atoms with Crippen molar-refractivity contribution in [3.63, 3.8) is 0 Å². The molecule has 0 radical (unpaired) electrons. The normalized spacial score (nSPS) is 13.6. The molecule has 1 rings (SSSR count). The molecule has 1 heterocycles. The van der Waals surface area contributed by atoms with Crippen molar-refractivity contribution in [1.82, 2.24) is 10.3 Å². The van der Waals surface area contributed by atoms with Gasteiger partial charge in [0.05, 0.1) is 17.0 Å². The third-order valence-electron chi connectivity index (χ3n) is 3.13. The standard InChI is InChI=1S/C13H24N2O2S2/c1-4-8-14-12(13-11(3)15-10-18-13)7-6-9-19(16,17)5-2/h10,12,14H,4-9H2,1-3H3. The number of aromatic nitrogens is 1. The Bertz CT molecular complexity index is 469. The zero-order valence-electron chi connectivity index (χ0n) is 12.0. The lowest BCUT2D eigenvalue weighted by Crippen LogP contribution is -2.23. The maximum Gasteiger partial charge on any atom is 0.150 e. The monoisotopic (exact) mass is 304 g/mol. The van der Waals surface area contributed by atoms with Crippen LogP contribution in [0.5, 0.6) is 0 Å². The highest BCUT2D eigenvalue weighted by Crippen LogP contribution is 2.25. The summed E-state index contributed by atoms with van der Waals surface area (Å²) in [5.41, 5.74) is 2.91. The number of hydrogen-bond donors (Lipinski definition) is 1. The summed E-state index contributed by atoms with van der Waals surface area (Å²) in [6.07, 6.45) is 2.62. The zero-order chi connectivity index (χ0) is 14.3. The summed E-state index contributed by atoms with van der Waals surface area (Å²) in [7, 11) is -2.85. The molecular weight excluding hydrogens is 280 g/mol. The number of nitrogens with one attached hydrogen (secondary N) is 1. The van der Waals surface area contributed by atoms with Crippen LogP contribution in [0.4, 0.5) is 0 Å². The molecule has 0 aliphatic rings. The van der Waals surface area contributed by atoms with E-state index in [2.05, 4.69) is 17.2 Å². The molecule has 6 heteroatoms. The Morgan fingerprint density at radius 3 is 2.68 bits per heavy atom. The smallest absolute Gasteiger partial charge is 0.150 e. The molecule has 1 atom stereocenters. The molecule has 1 unspecified atom stereocenters. The Morgan fingerprint density at radius 1 is 1.42 bits per heavy atom. The quantitative estimate of drug-likeness (QED) is 0.762. The third-order valence-corrected chi connectivity index (χ3v) is 5.96. The fraction of sp³-hybridized carbons (Fsp3) is 0.769. The predicted molar refractivity (Wildman–Crippen MR) is 81.4 cm³/mol. The van der Waals surface area contributed by atoms with E-state index in [0.717, 1.165) is 25.1 Å². The molecule has 0 fully saturated rings. The highest BCUT2D eigenvalue weighted by atomic mass is 32.2. The number of thiazole rings is 1. The van der Waals surface area contributed by atoms with Crippen molar-refractivity contribution in [2.24, 2.45) is 0 Å². The number of aryl methyl sites for hydroxylation is 1. The summed E-state index contributed by atoms with van der Waals surface area (Å²) in [4.78, 5) is 5.52. The third kappa shape index (κ3) is 5.58. The number of sulfone groups is 1. The van der Waals surface area contributed by atoms with Gasteiger partial charge in [-0.1, -0.05) is 13.8 Å². The Labute approximate surface area is 120 Å². The van der Waals surface area contributed by atoms with Gasteiger partial charge in [-0.05, 0) is 32.7 Å². The van der Waals surface area contributed by atoms with Crippen LogP contribution in [0.25, 0.3) is 0 Å². The molecule has 1 aromatic heterocycles. The van der Waals surface area contributed by atoms with Gasteiger partial charge in [0.15, 0.2) is 0 Å². The molecule has 1 N–H and O–H groups in total. The predicted octanol–water partition coefficient (Wildman–Crippen LogP) is 2.71. The van der Waals surface area contributed by atoms with Gasteiger partial charge in [0.25, 0.3) is 0 Å². The van der Waals surface area contributed by atoms with E-state index in [4.69, 9.17) is 0 Å². The number of nitrogens with zero attached hydrogens (tertiary/aromatic N) is 1. The van der Waals surface area contributed by atoms with Crippen molar-refractivity contribution < 1.29 is 8.42 Å². The van der Waals surface area contributed by atoms with Gasteiger partial charge in [-0.15, -0.1) is 11.3 Å². The molecule has 0 saturated heterocycles. The minimum absolute atomic E-state index is 0.236. The second-order valence-corrected chi connectivity index (χ2v) is 8.05. The largest absolute Gasteiger partial charge is 0.309 e. The molecule has 0 spiro atoms. The van der Waals surface area contributed by atoms with Crippen LogP contribution in [-0.4, -0.2) is 31.5 Å². The van der Waals surface area contributed by atoms with Gasteiger partial charge in [-0.3, -0.25) is 0 Å². The van der Waals surface area contributed by atoms with Crippen LogP contribution in [0.3, 0.4) is 0 Å². The number of hydrogen-bond acceptors (Lipinski definition) is 5. The zero-order valence-corrected chi connectivity index (χ0v) is 13.6. The first kappa shape index (κ1) is 16.6. The molecule has 0 aliphatic carbocycles. The van der Waals surface area contributed by atoms with Crippen molar-refractivity contribution in [3.8, 4) is 0 Å². The lowest BCUT2D eigenvalue weighted by molar-refractivity contribution is 0.496. The van der Waals surface area contributed by atoms with E-state index in [1.165, 1.54) is 4.88 Å². The van der Waals surface area contributed by atoms with Gasteiger partial charge < -0.3 is 5.32 Å². The second kappa shape index (κ2) is 7.97. The van der Waals surface area contributed by atoms with Crippen molar-refractivity contribution in [2.75, 3.05) is 18.1 Å². The van der Waals surface area contributed by atoms with Crippen LogP contribution in [0.15, 0.2) is 5.51 Å². The first-order chi connectivity index (χ1) is 9.00. The van der Waals surface area contributed by atoms with Gasteiger partial charge in [0.1, 0.15) is 9.84 Å². The Morgan fingerprint density at radius 2 is 2.16 bits per heavy atom. The van der Waals surface area contributed by atoms with E-state index in [0.29, 0.717) is 6.42 Å². The van der Waals surface area contributed by atoms with E-state index in [1.807, 2.05) is 12.4 Å². The summed E-state index contributed by atoms with van der Waals surface area (Å²) in [5, 5.41) is 3.49. The topological polar surface area (TPSA) is 59.1 Å². The van der Waals surface area contributed by atoms with Crippen molar-refractivity contribution in [3.05, 3.63) is 16.1 Å². The van der Waals surface area contributed by atoms with Crippen LogP contribution < -0.4 is 5.32 Å². The minimum Gasteiger partial charge on any atom is -0.309 e. The maximum atomic E-state index is 11.5. The van der Waals surface area contributed by atoms with E-state index >= 15 is 0 Å². The Hall–Kier alpha value is -0.460. The van der Waals surface area contributed by atoms with Crippen LogP contribution in [0, 0.1) is 6.92 Å². The first-order valence-corrected chi connectivity index (χ1v) is 9.54. The first-order valence-electron chi connectivity index (χ1n) is 6.84. The van der Waals surface area contributed by atoms with Crippen LogP contribution >= 0.6 is 11.3 Å². The molecule has 0 saturated carbocycles. The molecule has 110 valence electrons. The lowest BCUT2D eigenvalue weighted by atomic mass is 10.1. The van der Waals surface area contributed by atoms with Crippen LogP contribution in [0.2, 0.25) is 0 Å². The minimum atomic E-state index is -2.85. The van der Waals surface area contributed by atoms with Crippen LogP contribution in [-0.2, 0) is 9.84 Å². The molecule has 0 amide bonds. The summed E-state index contributed by atoms with van der Waals surface area (Å²) < 4.78 is 23.0. The number of rotatable bonds is 9. The molecular formula is C13H24N2O2S2. The van der Waals surface area contributed by atoms with Crippen LogP contribution in [0.1, 0.15) is 49.7 Å². The highest BCUT2D eigenvalue weighted by Gasteiger charge is 2.16. The van der Waals surface area contributed by atoms with Crippen molar-refractivity contribution in [1.29, 1.82) is 0 Å². The maximum absolute atomic E-state index is 11.5. The van der Waals surface area contributed by atoms with Gasteiger partial charge in [-0.2, -0.15) is 0 Å². The van der Waals surface area contributed by atoms with E-state index in [9.17, 15) is 8.42 Å². The molecule has 0 aliphatic heterocycles. The lowest BCUT2D eigenvalue weighted by Gasteiger charge is -2.17. The Kier molecular flexibility index (Phi) is 6.96. The summed E-state index contributed by atoms with van der Waals surface area (Å²) in [5.74, 6) is 0.519. The fourth-order valence-corrected chi connectivity index (χ4v) is 3.75. The molecule has 4 nitrogen and oxygen atoms in total. The van der Waals surface area contributed by atoms with E-state index < -0.39 is 9.84 Å². The second-order valence-electron chi connectivity index (χ2n) is 4.69. The summed E-state index contributed by atoms with van der Waals surface area (Å²) >= 11 is 1.65. The van der Waals surface area contributed by atoms with Crippen molar-refractivity contribution in [2.45, 2.75) is 46.1 Å². The van der Waals surface area contributed by atoms with Gasteiger partial charge in [-0.25, -0.2) is 13.4 Å². The Balaban J connectivity index is 2.59. The average molecular weight is 304 g/mol. The van der Waals surface area contributed by atoms with Gasteiger partial charge in [0.2, 0.25) is 0 Å². The van der Waals surface area contributed by atoms with Gasteiger partial charge in [0, 0.05) is 16.7 Å². The highest BCUT2D eigenvalue weighted by molar-refractivity contribution is 7.91. The van der Waals surface area contributed by atoms with E-state index in [1.54, 1.807) is 18.3 Å². The molecule has 0 aromatic carbocycles. The van der Waals surface area contributed by atoms with E-state index in [-0.39, 0.29) is 17.5 Å². The molecule has 0 bridgehead atoms.